The molecular formula is C21H24F2N2O2. The van der Waals surface area contributed by atoms with Crippen molar-refractivity contribution in [1.29, 1.82) is 0 Å². The summed E-state index contributed by atoms with van der Waals surface area (Å²) in [6.07, 6.45) is 4.90. The van der Waals surface area contributed by atoms with Gasteiger partial charge in [0.2, 0.25) is 0 Å². The second-order valence-electron chi connectivity index (χ2n) is 7.54. The van der Waals surface area contributed by atoms with Gasteiger partial charge in [-0.15, -0.1) is 0 Å². The number of ether oxygens (including phenoxy) is 1. The molecule has 2 aliphatic rings. The van der Waals surface area contributed by atoms with Gasteiger partial charge in [0.05, 0.1) is 11.6 Å². The summed E-state index contributed by atoms with van der Waals surface area (Å²) < 4.78 is 31.6. The van der Waals surface area contributed by atoms with Crippen molar-refractivity contribution in [3.63, 3.8) is 0 Å². The molecule has 1 heterocycles. The molecule has 1 aromatic heterocycles. The lowest BCUT2D eigenvalue weighted by Crippen LogP contribution is -2.31. The Labute approximate surface area is 157 Å². The number of fused-ring (bicyclic) bond motifs is 1. The standard InChI is InChI=1S/C21H24F2N2O2/c1-12-10-18(13(2)25(12)15-6-7-15)20(26)24-19-5-3-4-14-11-16(27-21(22)23)8-9-17(14)19/h8-11,15,19,21H,3-7H2,1-2H3,(H,24,26)/t19-/m1/s1. The first-order chi connectivity index (χ1) is 12.9. The molecule has 2 aliphatic carbocycles. The average molecular weight is 374 g/mol. The molecule has 4 rings (SSSR count). The first-order valence-electron chi connectivity index (χ1n) is 9.51. The lowest BCUT2D eigenvalue weighted by Gasteiger charge is -2.27. The monoisotopic (exact) mass is 374 g/mol. The second-order valence-corrected chi connectivity index (χ2v) is 7.54. The van der Waals surface area contributed by atoms with Crippen LogP contribution in [-0.4, -0.2) is 17.1 Å². The van der Waals surface area contributed by atoms with Crippen molar-refractivity contribution in [3.05, 3.63) is 52.3 Å². The number of amides is 1. The highest BCUT2D eigenvalue weighted by molar-refractivity contribution is 5.96. The molecule has 27 heavy (non-hydrogen) atoms. The second kappa shape index (κ2) is 6.98. The Morgan fingerprint density at radius 3 is 2.70 bits per heavy atom. The average Bonchev–Trinajstić information content (AvgIpc) is 3.39. The summed E-state index contributed by atoms with van der Waals surface area (Å²) in [6, 6.07) is 7.41. The first-order valence-corrected chi connectivity index (χ1v) is 9.51. The summed E-state index contributed by atoms with van der Waals surface area (Å²) in [7, 11) is 0. The predicted octanol–water partition coefficient (Wildman–Crippen LogP) is 4.85. The zero-order valence-electron chi connectivity index (χ0n) is 15.6. The van der Waals surface area contributed by atoms with Crippen LogP contribution in [0, 0.1) is 13.8 Å². The summed E-state index contributed by atoms with van der Waals surface area (Å²) in [5, 5.41) is 3.15. The molecule has 0 spiro atoms. The minimum absolute atomic E-state index is 0.0687. The number of nitrogens with one attached hydrogen (secondary N) is 1. The zero-order chi connectivity index (χ0) is 19.1. The number of alkyl halides is 2. The van der Waals surface area contributed by atoms with E-state index in [2.05, 4.69) is 14.6 Å². The van der Waals surface area contributed by atoms with E-state index in [1.54, 1.807) is 18.2 Å². The van der Waals surface area contributed by atoms with Crippen LogP contribution >= 0.6 is 0 Å². The highest BCUT2D eigenvalue weighted by Gasteiger charge is 2.29. The smallest absolute Gasteiger partial charge is 0.387 e. The van der Waals surface area contributed by atoms with Gasteiger partial charge in [-0.1, -0.05) is 6.07 Å². The molecule has 1 fully saturated rings. The fraction of sp³-hybridized carbons (Fsp3) is 0.476. The van der Waals surface area contributed by atoms with Crippen LogP contribution in [0.15, 0.2) is 24.3 Å². The number of carbonyl (C=O) groups is 1. The molecule has 1 N–H and O–H groups in total. The van der Waals surface area contributed by atoms with E-state index in [4.69, 9.17) is 0 Å². The van der Waals surface area contributed by atoms with Gasteiger partial charge in [-0.05, 0) is 75.3 Å². The number of aryl methyl sites for hydroxylation is 2. The van der Waals surface area contributed by atoms with E-state index < -0.39 is 6.61 Å². The molecule has 1 aromatic carbocycles. The van der Waals surface area contributed by atoms with Crippen molar-refractivity contribution >= 4 is 5.91 Å². The molecule has 144 valence electrons. The van der Waals surface area contributed by atoms with Gasteiger partial charge in [-0.2, -0.15) is 8.78 Å². The van der Waals surface area contributed by atoms with Crippen LogP contribution in [0.1, 0.15) is 70.6 Å². The van der Waals surface area contributed by atoms with Crippen molar-refractivity contribution in [1.82, 2.24) is 9.88 Å². The Morgan fingerprint density at radius 1 is 1.22 bits per heavy atom. The van der Waals surface area contributed by atoms with E-state index in [0.717, 1.165) is 47.3 Å². The molecule has 2 aromatic rings. The lowest BCUT2D eigenvalue weighted by atomic mass is 9.87. The van der Waals surface area contributed by atoms with Gasteiger partial charge in [0.25, 0.3) is 5.91 Å². The van der Waals surface area contributed by atoms with Crippen molar-refractivity contribution in [2.75, 3.05) is 0 Å². The quantitative estimate of drug-likeness (QED) is 0.813. The maximum atomic E-state index is 12.9. The molecule has 0 bridgehead atoms. The predicted molar refractivity (Wildman–Crippen MR) is 98.4 cm³/mol. The minimum atomic E-state index is -2.83. The summed E-state index contributed by atoms with van der Waals surface area (Å²) in [5.74, 6) is 0.101. The Balaban J connectivity index is 1.54. The van der Waals surface area contributed by atoms with Gasteiger partial charge >= 0.3 is 6.61 Å². The summed E-state index contributed by atoms with van der Waals surface area (Å²) in [6.45, 7) is 1.22. The SMILES string of the molecule is Cc1cc(C(=O)N[C@@H]2CCCc3cc(OC(F)F)ccc32)c(C)n1C1CC1. The molecule has 1 saturated carbocycles. The third-order valence-electron chi connectivity index (χ3n) is 5.60. The van der Waals surface area contributed by atoms with Crippen LogP contribution in [-0.2, 0) is 6.42 Å². The van der Waals surface area contributed by atoms with Crippen LogP contribution in [0.25, 0.3) is 0 Å². The first kappa shape index (κ1) is 18.0. The number of benzene rings is 1. The zero-order valence-corrected chi connectivity index (χ0v) is 15.6. The molecule has 0 unspecified atom stereocenters. The third-order valence-corrected chi connectivity index (χ3v) is 5.60. The topological polar surface area (TPSA) is 43.3 Å². The van der Waals surface area contributed by atoms with E-state index >= 15 is 0 Å². The van der Waals surface area contributed by atoms with E-state index in [1.165, 1.54) is 12.8 Å². The number of hydrogen-bond acceptors (Lipinski definition) is 2. The highest BCUT2D eigenvalue weighted by Crippen LogP contribution is 2.38. The van der Waals surface area contributed by atoms with E-state index in [0.29, 0.717) is 6.04 Å². The van der Waals surface area contributed by atoms with Gasteiger partial charge in [-0.3, -0.25) is 4.79 Å². The van der Waals surface area contributed by atoms with Crippen molar-refractivity contribution in [3.8, 4) is 5.75 Å². The van der Waals surface area contributed by atoms with Crippen LogP contribution < -0.4 is 10.1 Å². The number of aromatic nitrogens is 1. The summed E-state index contributed by atoms with van der Waals surface area (Å²) >= 11 is 0. The van der Waals surface area contributed by atoms with E-state index in [-0.39, 0.29) is 17.7 Å². The Bertz CT molecular complexity index is 871. The molecule has 6 heteroatoms. The highest BCUT2D eigenvalue weighted by atomic mass is 19.3. The number of carbonyl (C=O) groups excluding carboxylic acids is 1. The van der Waals surface area contributed by atoms with Crippen molar-refractivity contribution in [2.45, 2.75) is 64.6 Å². The van der Waals surface area contributed by atoms with Crippen LogP contribution in [0.4, 0.5) is 8.78 Å². The number of rotatable bonds is 5. The third kappa shape index (κ3) is 3.57. The summed E-state index contributed by atoms with van der Waals surface area (Å²) in [4.78, 5) is 12.9. The molecule has 4 nitrogen and oxygen atoms in total. The van der Waals surface area contributed by atoms with E-state index in [1.807, 2.05) is 19.9 Å². The van der Waals surface area contributed by atoms with Crippen LogP contribution in [0.2, 0.25) is 0 Å². The fourth-order valence-corrected chi connectivity index (χ4v) is 4.25. The van der Waals surface area contributed by atoms with Gasteiger partial charge < -0.3 is 14.6 Å². The lowest BCUT2D eigenvalue weighted by molar-refractivity contribution is -0.0499. The molecule has 1 atom stereocenters. The molecule has 0 radical (unpaired) electrons. The van der Waals surface area contributed by atoms with Gasteiger partial charge in [0.1, 0.15) is 5.75 Å². The van der Waals surface area contributed by atoms with E-state index in [9.17, 15) is 13.6 Å². The maximum Gasteiger partial charge on any atom is 0.387 e. The fourth-order valence-electron chi connectivity index (χ4n) is 4.25. The molecular weight excluding hydrogens is 350 g/mol. The normalized spacial score (nSPS) is 19.1. The molecule has 0 aliphatic heterocycles. The van der Waals surface area contributed by atoms with Gasteiger partial charge in [0, 0.05) is 17.4 Å². The van der Waals surface area contributed by atoms with Gasteiger partial charge in [-0.25, -0.2) is 0 Å². The van der Waals surface area contributed by atoms with Gasteiger partial charge in [0.15, 0.2) is 0 Å². The number of hydrogen-bond donors (Lipinski definition) is 1. The van der Waals surface area contributed by atoms with Crippen molar-refractivity contribution < 1.29 is 18.3 Å². The number of nitrogens with zero attached hydrogens (tertiary/aromatic N) is 1. The largest absolute Gasteiger partial charge is 0.435 e. The molecule has 1 amide bonds. The Kier molecular flexibility index (Phi) is 4.66. The van der Waals surface area contributed by atoms with Crippen LogP contribution in [0.3, 0.4) is 0 Å². The van der Waals surface area contributed by atoms with Crippen LogP contribution in [0.5, 0.6) is 5.75 Å². The summed E-state index contributed by atoms with van der Waals surface area (Å²) in [5.41, 5.74) is 4.83. The molecule has 0 saturated heterocycles. The Morgan fingerprint density at radius 2 is 2.00 bits per heavy atom. The minimum Gasteiger partial charge on any atom is -0.435 e. The Hall–Kier alpha value is -2.37. The number of halogens is 2. The maximum absolute atomic E-state index is 12.9. The van der Waals surface area contributed by atoms with Crippen molar-refractivity contribution in [2.24, 2.45) is 0 Å².